The fourth-order valence-corrected chi connectivity index (χ4v) is 1.63. The van der Waals surface area contributed by atoms with Gasteiger partial charge < -0.3 is 10.4 Å². The van der Waals surface area contributed by atoms with Gasteiger partial charge in [0.1, 0.15) is 5.56 Å². The van der Waals surface area contributed by atoms with Crippen molar-refractivity contribution in [1.29, 1.82) is 0 Å². The summed E-state index contributed by atoms with van der Waals surface area (Å²) in [5.74, 6) is -11.2. The second kappa shape index (κ2) is 7.44. The number of phenols is 1. The minimum Gasteiger partial charge on any atom is -0.503 e. The molecule has 3 nitrogen and oxygen atoms in total. The van der Waals surface area contributed by atoms with Gasteiger partial charge >= 0.3 is 0 Å². The second-order valence-electron chi connectivity index (χ2n) is 4.14. The summed E-state index contributed by atoms with van der Waals surface area (Å²) in [5.41, 5.74) is -0.891. The molecule has 0 aliphatic carbocycles. The maximum atomic E-state index is 13.5. The van der Waals surface area contributed by atoms with Crippen LogP contribution in [0.5, 0.6) is 5.75 Å². The molecule has 0 unspecified atom stereocenters. The molecular formula is C15H13F4NO2. The highest BCUT2D eigenvalue weighted by atomic mass is 19.2. The Morgan fingerprint density at radius 1 is 1.18 bits per heavy atom. The Morgan fingerprint density at radius 3 is 2.18 bits per heavy atom. The molecule has 1 amide bonds. The predicted octanol–water partition coefficient (Wildman–Crippen LogP) is 3.37. The van der Waals surface area contributed by atoms with E-state index in [2.05, 4.69) is 11.9 Å². The van der Waals surface area contributed by atoms with Crippen molar-refractivity contribution in [3.05, 3.63) is 65.3 Å². The molecule has 2 N–H and O–H groups in total. The van der Waals surface area contributed by atoms with Crippen LogP contribution < -0.4 is 5.32 Å². The van der Waals surface area contributed by atoms with Crippen LogP contribution in [0.1, 0.15) is 17.3 Å². The Labute approximate surface area is 124 Å². The van der Waals surface area contributed by atoms with Crippen LogP contribution in [0.4, 0.5) is 17.6 Å². The van der Waals surface area contributed by atoms with E-state index in [1.807, 2.05) is 0 Å². The first-order chi connectivity index (χ1) is 10.3. The molecule has 0 bridgehead atoms. The lowest BCUT2D eigenvalue weighted by atomic mass is 10.1. The van der Waals surface area contributed by atoms with Crippen molar-refractivity contribution in [2.24, 2.45) is 0 Å². The molecule has 0 aliphatic rings. The number of aromatic hydroxyl groups is 1. The number of rotatable bonds is 5. The lowest BCUT2D eigenvalue weighted by Gasteiger charge is -2.10. The number of halogens is 4. The zero-order valence-electron chi connectivity index (χ0n) is 11.6. The highest BCUT2D eigenvalue weighted by Gasteiger charge is 2.29. The number of hydrogen-bond acceptors (Lipinski definition) is 2. The fraction of sp³-hybridized carbons (Fsp3) is 0.133. The van der Waals surface area contributed by atoms with Crippen molar-refractivity contribution in [1.82, 2.24) is 5.32 Å². The van der Waals surface area contributed by atoms with E-state index in [4.69, 9.17) is 5.11 Å². The summed E-state index contributed by atoms with van der Waals surface area (Å²) in [7, 11) is 0. The van der Waals surface area contributed by atoms with Gasteiger partial charge in [-0.05, 0) is 12.5 Å². The van der Waals surface area contributed by atoms with Crippen LogP contribution in [0, 0.1) is 23.3 Å². The number of carbonyl (C=O) groups is 1. The van der Waals surface area contributed by atoms with Crippen molar-refractivity contribution in [2.75, 3.05) is 6.54 Å². The SMILES string of the molecule is C=C/C=C(\C=C/C)CNC(=O)c1c(F)c(F)c(O)c(F)c1F. The fourth-order valence-electron chi connectivity index (χ4n) is 1.63. The van der Waals surface area contributed by atoms with Crippen LogP contribution in [-0.2, 0) is 0 Å². The third-order valence-corrected chi connectivity index (χ3v) is 2.63. The number of nitrogens with one attached hydrogen (secondary N) is 1. The molecule has 1 aromatic rings. The van der Waals surface area contributed by atoms with Crippen molar-refractivity contribution in [3.63, 3.8) is 0 Å². The van der Waals surface area contributed by atoms with E-state index in [9.17, 15) is 22.4 Å². The zero-order chi connectivity index (χ0) is 16.9. The summed E-state index contributed by atoms with van der Waals surface area (Å²) in [5, 5.41) is 11.0. The summed E-state index contributed by atoms with van der Waals surface area (Å²) in [6.45, 7) is 5.03. The molecule has 22 heavy (non-hydrogen) atoms. The van der Waals surface area contributed by atoms with Gasteiger partial charge in [-0.1, -0.05) is 30.9 Å². The number of allylic oxidation sites excluding steroid dienone is 3. The molecule has 7 heteroatoms. The van der Waals surface area contributed by atoms with Gasteiger partial charge in [-0.3, -0.25) is 4.79 Å². The molecule has 0 aromatic heterocycles. The van der Waals surface area contributed by atoms with Crippen LogP contribution >= 0.6 is 0 Å². The van der Waals surface area contributed by atoms with Crippen molar-refractivity contribution in [3.8, 4) is 5.75 Å². The van der Waals surface area contributed by atoms with Crippen molar-refractivity contribution >= 4 is 5.91 Å². The molecule has 0 saturated carbocycles. The average molecular weight is 315 g/mol. The topological polar surface area (TPSA) is 49.3 Å². The maximum Gasteiger partial charge on any atom is 0.257 e. The van der Waals surface area contributed by atoms with E-state index in [0.717, 1.165) is 0 Å². The largest absolute Gasteiger partial charge is 0.503 e. The van der Waals surface area contributed by atoms with Crippen LogP contribution in [0.2, 0.25) is 0 Å². The molecule has 0 spiro atoms. The Hall–Kier alpha value is -2.57. The van der Waals surface area contributed by atoms with Crippen molar-refractivity contribution in [2.45, 2.75) is 6.92 Å². The quantitative estimate of drug-likeness (QED) is 0.497. The Bertz CT molecular complexity index is 637. The van der Waals surface area contributed by atoms with Gasteiger partial charge in [0.15, 0.2) is 17.4 Å². The normalized spacial score (nSPS) is 11.8. The van der Waals surface area contributed by atoms with E-state index in [0.29, 0.717) is 5.57 Å². The van der Waals surface area contributed by atoms with Crippen molar-refractivity contribution < 1.29 is 27.5 Å². The van der Waals surface area contributed by atoms with Crippen LogP contribution in [-0.4, -0.2) is 17.6 Å². The number of carbonyl (C=O) groups excluding carboxylic acids is 1. The number of hydrogen-bond donors (Lipinski definition) is 2. The van der Waals surface area contributed by atoms with Gasteiger partial charge in [0, 0.05) is 6.54 Å². The first kappa shape index (κ1) is 17.5. The highest BCUT2D eigenvalue weighted by Crippen LogP contribution is 2.28. The predicted molar refractivity (Wildman–Crippen MR) is 73.4 cm³/mol. The average Bonchev–Trinajstić information content (AvgIpc) is 2.49. The van der Waals surface area contributed by atoms with Gasteiger partial charge in [0.2, 0.25) is 11.6 Å². The molecule has 0 heterocycles. The smallest absolute Gasteiger partial charge is 0.257 e. The van der Waals surface area contributed by atoms with E-state index in [-0.39, 0.29) is 6.54 Å². The highest BCUT2D eigenvalue weighted by molar-refractivity contribution is 5.95. The first-order valence-electron chi connectivity index (χ1n) is 6.12. The van der Waals surface area contributed by atoms with Gasteiger partial charge in [-0.15, -0.1) is 0 Å². The molecule has 0 atom stereocenters. The lowest BCUT2D eigenvalue weighted by molar-refractivity contribution is 0.0946. The molecule has 1 rings (SSSR count). The maximum absolute atomic E-state index is 13.5. The minimum absolute atomic E-state index is 0.141. The lowest BCUT2D eigenvalue weighted by Crippen LogP contribution is -2.28. The molecule has 0 aliphatic heterocycles. The molecule has 0 saturated heterocycles. The monoisotopic (exact) mass is 315 g/mol. The molecule has 0 fully saturated rings. The summed E-state index contributed by atoms with van der Waals surface area (Å²) in [6, 6.07) is 0. The summed E-state index contributed by atoms with van der Waals surface area (Å²) < 4.78 is 53.4. The molecule has 0 radical (unpaired) electrons. The summed E-state index contributed by atoms with van der Waals surface area (Å²) in [6.07, 6.45) is 6.22. The van der Waals surface area contributed by atoms with Crippen LogP contribution in [0.25, 0.3) is 0 Å². The van der Waals surface area contributed by atoms with Crippen LogP contribution in [0.15, 0.2) is 36.5 Å². The summed E-state index contributed by atoms with van der Waals surface area (Å²) in [4.78, 5) is 11.7. The third kappa shape index (κ3) is 3.55. The van der Waals surface area contributed by atoms with E-state index in [1.54, 1.807) is 19.1 Å². The molecule has 1 aromatic carbocycles. The summed E-state index contributed by atoms with van der Waals surface area (Å²) >= 11 is 0. The zero-order valence-corrected chi connectivity index (χ0v) is 11.6. The number of amides is 1. The van der Waals surface area contributed by atoms with Crippen LogP contribution in [0.3, 0.4) is 0 Å². The standard InChI is InChI=1S/C15H13F4NO2/c1-3-5-8(6-4-2)7-20-15(22)9-10(16)12(18)14(21)13(19)11(9)17/h3-6,21H,1,7H2,2H3,(H,20,22)/b6-4-,8-5+. The van der Waals surface area contributed by atoms with E-state index < -0.39 is 40.5 Å². The Balaban J connectivity index is 3.10. The molecular weight excluding hydrogens is 302 g/mol. The van der Waals surface area contributed by atoms with E-state index >= 15 is 0 Å². The number of phenolic OH excluding ortho intramolecular Hbond substituents is 1. The first-order valence-corrected chi connectivity index (χ1v) is 6.12. The minimum atomic E-state index is -2.03. The molecule has 118 valence electrons. The van der Waals surface area contributed by atoms with Gasteiger partial charge in [0.05, 0.1) is 0 Å². The van der Waals surface area contributed by atoms with E-state index in [1.165, 1.54) is 12.2 Å². The van der Waals surface area contributed by atoms with Gasteiger partial charge in [-0.2, -0.15) is 8.78 Å². The third-order valence-electron chi connectivity index (χ3n) is 2.63. The van der Waals surface area contributed by atoms with Gasteiger partial charge in [0.25, 0.3) is 5.91 Å². The second-order valence-corrected chi connectivity index (χ2v) is 4.14. The number of benzene rings is 1. The Morgan fingerprint density at radius 2 is 1.73 bits per heavy atom. The van der Waals surface area contributed by atoms with Gasteiger partial charge in [-0.25, -0.2) is 8.78 Å². The Kier molecular flexibility index (Phi) is 5.91.